The van der Waals surface area contributed by atoms with Crippen LogP contribution < -0.4 is 0 Å². The summed E-state index contributed by atoms with van der Waals surface area (Å²) in [7, 11) is 2.04. The molecule has 3 aromatic heterocycles. The van der Waals surface area contributed by atoms with Gasteiger partial charge < -0.3 is 9.09 Å². The molecule has 4 heterocycles. The SMILES string of the molecule is Cc1cc(-c2snnc2C2CCCN(Cc3cncn3C)C2)on1. The smallest absolute Gasteiger partial charge is 0.180 e. The van der Waals surface area contributed by atoms with Gasteiger partial charge in [-0.05, 0) is 37.8 Å². The Hall–Kier alpha value is -2.06. The maximum atomic E-state index is 5.42. The number of rotatable bonds is 4. The third kappa shape index (κ3) is 2.99. The zero-order chi connectivity index (χ0) is 16.5. The number of hydrogen-bond acceptors (Lipinski definition) is 7. The third-order valence-corrected chi connectivity index (χ3v) is 5.32. The van der Waals surface area contributed by atoms with Crippen LogP contribution in [0.3, 0.4) is 0 Å². The molecule has 1 saturated heterocycles. The van der Waals surface area contributed by atoms with Gasteiger partial charge in [0.1, 0.15) is 4.88 Å². The van der Waals surface area contributed by atoms with Crippen molar-refractivity contribution in [3.8, 4) is 10.6 Å². The molecule has 0 saturated carbocycles. The molecule has 4 rings (SSSR count). The Labute approximate surface area is 144 Å². The molecule has 126 valence electrons. The summed E-state index contributed by atoms with van der Waals surface area (Å²) >= 11 is 1.39. The van der Waals surface area contributed by atoms with E-state index in [1.165, 1.54) is 17.2 Å². The zero-order valence-electron chi connectivity index (χ0n) is 13.8. The summed E-state index contributed by atoms with van der Waals surface area (Å²) in [5.41, 5.74) is 3.16. The van der Waals surface area contributed by atoms with Gasteiger partial charge in [-0.1, -0.05) is 9.64 Å². The topological polar surface area (TPSA) is 72.9 Å². The molecule has 1 fully saturated rings. The van der Waals surface area contributed by atoms with Gasteiger partial charge in [-0.2, -0.15) is 0 Å². The van der Waals surface area contributed by atoms with Crippen molar-refractivity contribution >= 4 is 11.5 Å². The van der Waals surface area contributed by atoms with Crippen LogP contribution in [0.5, 0.6) is 0 Å². The predicted molar refractivity (Wildman–Crippen MR) is 90.6 cm³/mol. The van der Waals surface area contributed by atoms with Crippen LogP contribution in [0.2, 0.25) is 0 Å². The summed E-state index contributed by atoms with van der Waals surface area (Å²) < 4.78 is 11.7. The molecule has 0 radical (unpaired) electrons. The largest absolute Gasteiger partial charge is 0.355 e. The first-order valence-electron chi connectivity index (χ1n) is 8.14. The minimum atomic E-state index is 0.381. The highest BCUT2D eigenvalue weighted by molar-refractivity contribution is 7.09. The molecule has 0 aromatic carbocycles. The predicted octanol–water partition coefficient (Wildman–Crippen LogP) is 2.61. The Morgan fingerprint density at radius 3 is 3.08 bits per heavy atom. The van der Waals surface area contributed by atoms with E-state index in [4.69, 9.17) is 4.52 Å². The Balaban J connectivity index is 1.53. The second-order valence-electron chi connectivity index (χ2n) is 6.39. The number of imidazole rings is 1. The standard InChI is InChI=1S/C16H20N6OS/c1-11-6-14(23-19-11)16-15(18-20-24-16)12-4-3-5-22(8-12)9-13-7-17-10-21(13)2/h6-7,10,12H,3-5,8-9H2,1-2H3. The van der Waals surface area contributed by atoms with E-state index in [0.29, 0.717) is 5.92 Å². The molecule has 0 spiro atoms. The van der Waals surface area contributed by atoms with Gasteiger partial charge in [-0.3, -0.25) is 4.90 Å². The molecule has 24 heavy (non-hydrogen) atoms. The lowest BCUT2D eigenvalue weighted by Gasteiger charge is -2.32. The average Bonchev–Trinajstić information content (AvgIpc) is 3.29. The van der Waals surface area contributed by atoms with Gasteiger partial charge in [0.15, 0.2) is 5.76 Å². The average molecular weight is 344 g/mol. The highest BCUT2D eigenvalue weighted by atomic mass is 32.1. The number of hydrogen-bond donors (Lipinski definition) is 0. The van der Waals surface area contributed by atoms with E-state index >= 15 is 0 Å². The first-order chi connectivity index (χ1) is 11.7. The maximum Gasteiger partial charge on any atom is 0.180 e. The summed E-state index contributed by atoms with van der Waals surface area (Å²) in [6.45, 7) is 4.94. The quantitative estimate of drug-likeness (QED) is 0.724. The van der Waals surface area contributed by atoms with Crippen LogP contribution in [0.25, 0.3) is 10.6 Å². The molecule has 1 unspecified atom stereocenters. The summed E-state index contributed by atoms with van der Waals surface area (Å²) in [6, 6.07) is 1.95. The van der Waals surface area contributed by atoms with E-state index in [9.17, 15) is 0 Å². The first kappa shape index (κ1) is 15.5. The van der Waals surface area contributed by atoms with Gasteiger partial charge in [-0.15, -0.1) is 5.10 Å². The Bertz CT molecular complexity index is 822. The minimum Gasteiger partial charge on any atom is -0.355 e. The molecule has 1 atom stereocenters. The maximum absolute atomic E-state index is 5.42. The molecule has 0 amide bonds. The molecule has 7 nitrogen and oxygen atoms in total. The fourth-order valence-corrected chi connectivity index (χ4v) is 3.99. The lowest BCUT2D eigenvalue weighted by atomic mass is 9.93. The Kier molecular flexibility index (Phi) is 4.15. The fourth-order valence-electron chi connectivity index (χ4n) is 3.29. The molecule has 8 heteroatoms. The van der Waals surface area contributed by atoms with Crippen LogP contribution in [0.4, 0.5) is 0 Å². The zero-order valence-corrected chi connectivity index (χ0v) is 14.7. The van der Waals surface area contributed by atoms with Crippen molar-refractivity contribution in [3.63, 3.8) is 0 Å². The first-order valence-corrected chi connectivity index (χ1v) is 8.91. The number of nitrogens with zero attached hydrogens (tertiary/aromatic N) is 6. The van der Waals surface area contributed by atoms with Gasteiger partial charge in [-0.25, -0.2) is 4.98 Å². The number of aryl methyl sites for hydroxylation is 2. The molecular formula is C16H20N6OS. The fraction of sp³-hybridized carbons (Fsp3) is 0.500. The van der Waals surface area contributed by atoms with Crippen molar-refractivity contribution < 1.29 is 4.52 Å². The van der Waals surface area contributed by atoms with Crippen molar-refractivity contribution in [2.45, 2.75) is 32.2 Å². The molecule has 0 bridgehead atoms. The number of aromatic nitrogens is 5. The van der Waals surface area contributed by atoms with Crippen LogP contribution in [-0.2, 0) is 13.6 Å². The van der Waals surface area contributed by atoms with Crippen molar-refractivity contribution in [3.05, 3.63) is 35.7 Å². The van der Waals surface area contributed by atoms with E-state index in [2.05, 4.69) is 29.2 Å². The van der Waals surface area contributed by atoms with Gasteiger partial charge in [0.25, 0.3) is 0 Å². The Morgan fingerprint density at radius 1 is 1.42 bits per heavy atom. The second kappa shape index (κ2) is 6.45. The van der Waals surface area contributed by atoms with Gasteiger partial charge in [0, 0.05) is 38.3 Å². The number of piperidine rings is 1. The third-order valence-electron chi connectivity index (χ3n) is 4.56. The molecule has 3 aromatic rings. The minimum absolute atomic E-state index is 0.381. The van der Waals surface area contributed by atoms with E-state index in [0.717, 1.165) is 54.5 Å². The molecule has 1 aliphatic heterocycles. The van der Waals surface area contributed by atoms with E-state index < -0.39 is 0 Å². The lowest BCUT2D eigenvalue weighted by Crippen LogP contribution is -2.34. The molecular weight excluding hydrogens is 324 g/mol. The van der Waals surface area contributed by atoms with E-state index in [1.54, 1.807) is 0 Å². The van der Waals surface area contributed by atoms with Gasteiger partial charge in [0.2, 0.25) is 0 Å². The normalized spacial score (nSPS) is 19.0. The number of likely N-dealkylation sites (tertiary alicyclic amines) is 1. The highest BCUT2D eigenvalue weighted by Gasteiger charge is 2.28. The van der Waals surface area contributed by atoms with Crippen molar-refractivity contribution in [2.75, 3.05) is 13.1 Å². The summed E-state index contributed by atoms with van der Waals surface area (Å²) in [5, 5.41) is 8.40. The van der Waals surface area contributed by atoms with Crippen LogP contribution in [0, 0.1) is 6.92 Å². The summed E-state index contributed by atoms with van der Waals surface area (Å²) in [5.74, 6) is 1.16. The van der Waals surface area contributed by atoms with Crippen LogP contribution in [-0.4, -0.2) is 42.3 Å². The highest BCUT2D eigenvalue weighted by Crippen LogP contribution is 2.35. The van der Waals surface area contributed by atoms with Crippen LogP contribution >= 0.6 is 11.5 Å². The van der Waals surface area contributed by atoms with Crippen molar-refractivity contribution in [1.29, 1.82) is 0 Å². The van der Waals surface area contributed by atoms with Crippen LogP contribution in [0.1, 0.15) is 35.8 Å². The van der Waals surface area contributed by atoms with Gasteiger partial charge in [0.05, 0.1) is 23.4 Å². The van der Waals surface area contributed by atoms with E-state index in [-0.39, 0.29) is 0 Å². The summed E-state index contributed by atoms with van der Waals surface area (Å²) in [4.78, 5) is 7.70. The summed E-state index contributed by atoms with van der Waals surface area (Å²) in [6.07, 6.45) is 6.09. The second-order valence-corrected chi connectivity index (χ2v) is 7.14. The van der Waals surface area contributed by atoms with E-state index in [1.807, 2.05) is 32.6 Å². The lowest BCUT2D eigenvalue weighted by molar-refractivity contribution is 0.195. The Morgan fingerprint density at radius 2 is 2.33 bits per heavy atom. The van der Waals surface area contributed by atoms with Gasteiger partial charge >= 0.3 is 0 Å². The molecule has 0 aliphatic carbocycles. The monoisotopic (exact) mass is 344 g/mol. The van der Waals surface area contributed by atoms with Crippen molar-refractivity contribution in [2.24, 2.45) is 7.05 Å². The molecule has 0 N–H and O–H groups in total. The molecule has 1 aliphatic rings. The van der Waals surface area contributed by atoms with Crippen LogP contribution in [0.15, 0.2) is 23.1 Å². The van der Waals surface area contributed by atoms with Crippen molar-refractivity contribution in [1.82, 2.24) is 29.2 Å².